The highest BCUT2D eigenvalue weighted by Crippen LogP contribution is 2.23. The maximum Gasteiger partial charge on any atom is 0.229 e. The van der Waals surface area contributed by atoms with Crippen LogP contribution in [0.2, 0.25) is 5.02 Å². The molecule has 0 radical (unpaired) electrons. The Morgan fingerprint density at radius 1 is 1.53 bits per heavy atom. The van der Waals surface area contributed by atoms with Crippen molar-refractivity contribution in [2.75, 3.05) is 18.5 Å². The molecule has 1 aliphatic heterocycles. The van der Waals surface area contributed by atoms with E-state index >= 15 is 0 Å². The first-order valence-corrected chi connectivity index (χ1v) is 6.84. The predicted molar refractivity (Wildman–Crippen MR) is 79.5 cm³/mol. The summed E-state index contributed by atoms with van der Waals surface area (Å²) in [4.78, 5) is 12.4. The Kier molecular flexibility index (Phi) is 4.74. The van der Waals surface area contributed by atoms with Crippen molar-refractivity contribution < 1.29 is 9.53 Å². The van der Waals surface area contributed by atoms with E-state index in [4.69, 9.17) is 34.3 Å². The second-order valence-electron chi connectivity index (χ2n) is 4.46. The predicted octanol–water partition coefficient (Wildman–Crippen LogP) is 2.34. The molecule has 3 N–H and O–H groups in total. The summed E-state index contributed by atoms with van der Waals surface area (Å²) >= 11 is 10.9. The Balaban J connectivity index is 2.15. The van der Waals surface area contributed by atoms with Crippen LogP contribution in [0, 0.1) is 5.92 Å². The van der Waals surface area contributed by atoms with Crippen LogP contribution in [-0.4, -0.2) is 24.1 Å². The van der Waals surface area contributed by atoms with Gasteiger partial charge in [-0.25, -0.2) is 0 Å². The minimum atomic E-state index is -0.132. The molecule has 2 rings (SSSR count). The Morgan fingerprint density at radius 2 is 2.32 bits per heavy atom. The molecule has 1 heterocycles. The van der Waals surface area contributed by atoms with Crippen molar-refractivity contribution in [1.82, 2.24) is 0 Å². The molecular formula is C13H15ClN2O2S. The van der Waals surface area contributed by atoms with Gasteiger partial charge < -0.3 is 15.8 Å². The number of hydrogen-bond donors (Lipinski definition) is 2. The van der Waals surface area contributed by atoms with Crippen LogP contribution >= 0.6 is 23.8 Å². The van der Waals surface area contributed by atoms with Gasteiger partial charge in [0, 0.05) is 17.2 Å². The first kappa shape index (κ1) is 14.2. The summed E-state index contributed by atoms with van der Waals surface area (Å²) in [7, 11) is 0. The number of carbonyl (C=O) groups excluding carboxylic acids is 1. The molecule has 0 saturated carbocycles. The van der Waals surface area contributed by atoms with Gasteiger partial charge in [-0.05, 0) is 31.0 Å². The molecule has 1 amide bonds. The first-order chi connectivity index (χ1) is 9.08. The molecule has 0 aliphatic carbocycles. The van der Waals surface area contributed by atoms with Crippen LogP contribution < -0.4 is 11.1 Å². The van der Waals surface area contributed by atoms with E-state index in [1.165, 1.54) is 0 Å². The van der Waals surface area contributed by atoms with Gasteiger partial charge >= 0.3 is 0 Å². The van der Waals surface area contributed by atoms with Crippen molar-refractivity contribution in [3.05, 3.63) is 28.8 Å². The number of thiocarbonyl (C=S) groups is 1. The largest absolute Gasteiger partial charge is 0.389 e. The number of carbonyl (C=O) groups is 1. The fraction of sp³-hybridized carbons (Fsp3) is 0.385. The van der Waals surface area contributed by atoms with E-state index in [0.717, 1.165) is 19.4 Å². The molecule has 1 atom stereocenters. The Bertz CT molecular complexity index is 501. The maximum atomic E-state index is 12.1. The molecule has 1 unspecified atom stereocenters. The lowest BCUT2D eigenvalue weighted by Crippen LogP contribution is -2.30. The standard InChI is InChI=1S/C13H15ClN2O2S/c14-9-3-4-10(12(15)19)11(6-9)16-13(17)8-2-1-5-18-7-8/h3-4,6,8H,1-2,5,7H2,(H2,15,19)(H,16,17). The summed E-state index contributed by atoms with van der Waals surface area (Å²) in [5.74, 6) is -0.216. The molecule has 1 fully saturated rings. The number of amides is 1. The summed E-state index contributed by atoms with van der Waals surface area (Å²) in [6.07, 6.45) is 1.73. The normalized spacial score (nSPS) is 18.9. The van der Waals surface area contributed by atoms with Crippen molar-refractivity contribution in [3.8, 4) is 0 Å². The van der Waals surface area contributed by atoms with Gasteiger partial charge in [-0.15, -0.1) is 0 Å². The highest BCUT2D eigenvalue weighted by Gasteiger charge is 2.22. The third-order valence-corrected chi connectivity index (χ3v) is 3.49. The van der Waals surface area contributed by atoms with Gasteiger partial charge in [0.25, 0.3) is 0 Å². The van der Waals surface area contributed by atoms with Gasteiger partial charge in [0.15, 0.2) is 0 Å². The molecule has 1 aliphatic rings. The van der Waals surface area contributed by atoms with Crippen LogP contribution in [0.15, 0.2) is 18.2 Å². The van der Waals surface area contributed by atoms with Gasteiger partial charge in [0.05, 0.1) is 18.2 Å². The molecular weight excluding hydrogens is 284 g/mol. The smallest absolute Gasteiger partial charge is 0.229 e. The molecule has 0 bridgehead atoms. The van der Waals surface area contributed by atoms with Crippen molar-refractivity contribution in [2.24, 2.45) is 11.7 Å². The van der Waals surface area contributed by atoms with E-state index < -0.39 is 0 Å². The van der Waals surface area contributed by atoms with Crippen molar-refractivity contribution in [2.45, 2.75) is 12.8 Å². The second-order valence-corrected chi connectivity index (χ2v) is 5.33. The lowest BCUT2D eigenvalue weighted by Gasteiger charge is -2.22. The highest BCUT2D eigenvalue weighted by atomic mass is 35.5. The minimum absolute atomic E-state index is 0.0838. The van der Waals surface area contributed by atoms with Crippen LogP contribution in [0.5, 0.6) is 0 Å². The number of ether oxygens (including phenoxy) is 1. The lowest BCUT2D eigenvalue weighted by atomic mass is 10.0. The molecule has 102 valence electrons. The summed E-state index contributed by atoms with van der Waals surface area (Å²) in [6, 6.07) is 5.05. The van der Waals surface area contributed by atoms with E-state index in [9.17, 15) is 4.79 Å². The quantitative estimate of drug-likeness (QED) is 0.841. The Labute approximate surface area is 122 Å². The number of rotatable bonds is 3. The van der Waals surface area contributed by atoms with Gasteiger partial charge in [0.2, 0.25) is 5.91 Å². The van der Waals surface area contributed by atoms with Gasteiger partial charge in [-0.3, -0.25) is 4.79 Å². The summed E-state index contributed by atoms with van der Waals surface area (Å²) in [5, 5.41) is 3.35. The number of nitrogens with two attached hydrogens (primary N) is 1. The number of halogens is 1. The van der Waals surface area contributed by atoms with Crippen LogP contribution in [0.25, 0.3) is 0 Å². The molecule has 6 heteroatoms. The number of benzene rings is 1. The first-order valence-electron chi connectivity index (χ1n) is 6.06. The van der Waals surface area contributed by atoms with Crippen LogP contribution in [0.1, 0.15) is 18.4 Å². The Morgan fingerprint density at radius 3 is 2.95 bits per heavy atom. The van der Waals surface area contributed by atoms with E-state index in [1.54, 1.807) is 18.2 Å². The molecule has 1 saturated heterocycles. The van der Waals surface area contributed by atoms with Crippen molar-refractivity contribution >= 4 is 40.4 Å². The molecule has 4 nitrogen and oxygen atoms in total. The molecule has 1 aromatic rings. The third-order valence-electron chi connectivity index (χ3n) is 3.04. The summed E-state index contributed by atoms with van der Waals surface area (Å²) < 4.78 is 5.30. The lowest BCUT2D eigenvalue weighted by molar-refractivity contribution is -0.123. The molecule has 0 aromatic heterocycles. The highest BCUT2D eigenvalue weighted by molar-refractivity contribution is 7.80. The number of hydrogen-bond acceptors (Lipinski definition) is 3. The molecule has 19 heavy (non-hydrogen) atoms. The fourth-order valence-electron chi connectivity index (χ4n) is 2.02. The van der Waals surface area contributed by atoms with Gasteiger partial charge in [-0.2, -0.15) is 0 Å². The summed E-state index contributed by atoms with van der Waals surface area (Å²) in [5.41, 5.74) is 6.80. The SMILES string of the molecule is NC(=S)c1ccc(Cl)cc1NC(=O)C1CCCOC1. The van der Waals surface area contributed by atoms with E-state index in [-0.39, 0.29) is 16.8 Å². The monoisotopic (exact) mass is 298 g/mol. The van der Waals surface area contributed by atoms with Gasteiger partial charge in [-0.1, -0.05) is 23.8 Å². The number of nitrogens with one attached hydrogen (secondary N) is 1. The van der Waals surface area contributed by atoms with Gasteiger partial charge in [0.1, 0.15) is 4.99 Å². The summed E-state index contributed by atoms with van der Waals surface area (Å²) in [6.45, 7) is 1.17. The fourth-order valence-corrected chi connectivity index (χ4v) is 2.37. The topological polar surface area (TPSA) is 64.3 Å². The van der Waals surface area contributed by atoms with Crippen molar-refractivity contribution in [3.63, 3.8) is 0 Å². The average Bonchev–Trinajstić information content (AvgIpc) is 2.39. The van der Waals surface area contributed by atoms with Crippen LogP contribution in [0.4, 0.5) is 5.69 Å². The second kappa shape index (κ2) is 6.32. The third kappa shape index (κ3) is 3.65. The number of anilines is 1. The van der Waals surface area contributed by atoms with Crippen LogP contribution in [0.3, 0.4) is 0 Å². The maximum absolute atomic E-state index is 12.1. The van der Waals surface area contributed by atoms with E-state index in [1.807, 2.05) is 0 Å². The van der Waals surface area contributed by atoms with E-state index in [2.05, 4.69) is 5.32 Å². The zero-order valence-corrected chi connectivity index (χ0v) is 11.9. The minimum Gasteiger partial charge on any atom is -0.389 e. The zero-order chi connectivity index (χ0) is 13.8. The molecule has 1 aromatic carbocycles. The van der Waals surface area contributed by atoms with E-state index in [0.29, 0.717) is 22.9 Å². The Hall–Kier alpha value is -1.17. The van der Waals surface area contributed by atoms with Crippen LogP contribution in [-0.2, 0) is 9.53 Å². The molecule has 0 spiro atoms. The van der Waals surface area contributed by atoms with Crippen molar-refractivity contribution in [1.29, 1.82) is 0 Å². The zero-order valence-electron chi connectivity index (χ0n) is 10.3. The average molecular weight is 299 g/mol.